The van der Waals surface area contributed by atoms with Gasteiger partial charge >= 0.3 is 0 Å². The second-order valence-electron chi connectivity index (χ2n) is 5.39. The van der Waals surface area contributed by atoms with Crippen LogP contribution in [-0.4, -0.2) is 42.1 Å². The molecule has 1 aliphatic carbocycles. The van der Waals surface area contributed by atoms with Crippen LogP contribution in [0.2, 0.25) is 0 Å². The molecule has 0 spiro atoms. The molecule has 0 aliphatic heterocycles. The Morgan fingerprint density at radius 2 is 2.13 bits per heavy atom. The number of aromatic nitrogens is 6. The number of hydrogen-bond donors (Lipinski definition) is 1. The summed E-state index contributed by atoms with van der Waals surface area (Å²) in [4.78, 5) is 12.0. The quantitative estimate of drug-likeness (QED) is 0.796. The molecule has 3 rings (SSSR count). The molecule has 8 nitrogen and oxygen atoms in total. The zero-order valence-corrected chi connectivity index (χ0v) is 14.6. The summed E-state index contributed by atoms with van der Waals surface area (Å²) >= 11 is 2.76. The van der Waals surface area contributed by atoms with Gasteiger partial charge in [-0.25, -0.2) is 4.68 Å². The molecule has 0 saturated heterocycles. The first-order valence-electron chi connectivity index (χ1n) is 7.79. The smallest absolute Gasteiger partial charge is 0.236 e. The minimum Gasteiger partial charge on any atom is -0.300 e. The molecule has 1 aliphatic rings. The maximum atomic E-state index is 12.0. The largest absolute Gasteiger partial charge is 0.300 e. The van der Waals surface area contributed by atoms with Gasteiger partial charge in [-0.05, 0) is 29.7 Å². The summed E-state index contributed by atoms with van der Waals surface area (Å²) in [6.45, 7) is 2.01. The van der Waals surface area contributed by atoms with Crippen LogP contribution in [0.15, 0.2) is 5.16 Å². The molecule has 2 aromatic heterocycles. The number of rotatable bonds is 6. The fourth-order valence-electron chi connectivity index (χ4n) is 2.57. The van der Waals surface area contributed by atoms with E-state index in [1.807, 2.05) is 11.6 Å². The lowest BCUT2D eigenvalue weighted by atomic mass is 9.96. The van der Waals surface area contributed by atoms with E-state index in [-0.39, 0.29) is 11.7 Å². The van der Waals surface area contributed by atoms with E-state index in [1.165, 1.54) is 42.4 Å². The maximum Gasteiger partial charge on any atom is 0.236 e. The van der Waals surface area contributed by atoms with Crippen LogP contribution in [0.3, 0.4) is 0 Å². The normalized spacial score (nSPS) is 15.7. The first-order chi connectivity index (χ1) is 11.3. The molecule has 0 bridgehead atoms. The van der Waals surface area contributed by atoms with E-state index < -0.39 is 0 Å². The van der Waals surface area contributed by atoms with Crippen molar-refractivity contribution in [3.8, 4) is 0 Å². The Morgan fingerprint density at radius 1 is 1.30 bits per heavy atom. The van der Waals surface area contributed by atoms with Crippen LogP contribution < -0.4 is 5.32 Å². The van der Waals surface area contributed by atoms with Gasteiger partial charge in [-0.3, -0.25) is 10.1 Å². The Hall–Kier alpha value is -1.55. The molecule has 0 radical (unpaired) electrons. The summed E-state index contributed by atoms with van der Waals surface area (Å²) < 4.78 is 1.87. The standard InChI is InChI=1S/C13H19N7OS2/c1-2-11-15-16-12(23-11)14-10(21)8-22-13-17-18-19-20(13)9-6-4-3-5-7-9/h9H,2-8H2,1H3,(H,14,16,21). The van der Waals surface area contributed by atoms with Gasteiger partial charge in [-0.15, -0.1) is 15.3 Å². The Morgan fingerprint density at radius 3 is 2.87 bits per heavy atom. The summed E-state index contributed by atoms with van der Waals surface area (Å²) in [6.07, 6.45) is 6.74. The lowest BCUT2D eigenvalue weighted by molar-refractivity contribution is -0.113. The molecule has 10 heteroatoms. The van der Waals surface area contributed by atoms with Crippen molar-refractivity contribution in [2.45, 2.75) is 56.6 Å². The number of anilines is 1. The van der Waals surface area contributed by atoms with E-state index in [2.05, 4.69) is 31.0 Å². The summed E-state index contributed by atoms with van der Waals surface area (Å²) in [5.41, 5.74) is 0. The van der Waals surface area contributed by atoms with Gasteiger partial charge in [-0.2, -0.15) is 0 Å². The Labute approximate surface area is 142 Å². The molecule has 23 heavy (non-hydrogen) atoms. The van der Waals surface area contributed by atoms with E-state index in [9.17, 15) is 4.79 Å². The van der Waals surface area contributed by atoms with Crippen LogP contribution in [-0.2, 0) is 11.2 Å². The number of amides is 1. The van der Waals surface area contributed by atoms with Gasteiger partial charge in [0.05, 0.1) is 11.8 Å². The lowest BCUT2D eigenvalue weighted by Gasteiger charge is -2.21. The zero-order chi connectivity index (χ0) is 16.1. The first-order valence-corrected chi connectivity index (χ1v) is 9.59. The SMILES string of the molecule is CCc1nnc(NC(=O)CSc2nnnn2C2CCCCC2)s1. The van der Waals surface area contributed by atoms with Crippen LogP contribution in [0.4, 0.5) is 5.13 Å². The molecular formula is C13H19N7OS2. The van der Waals surface area contributed by atoms with Crippen molar-refractivity contribution >= 4 is 34.1 Å². The van der Waals surface area contributed by atoms with E-state index in [0.717, 1.165) is 24.3 Å². The van der Waals surface area contributed by atoms with E-state index >= 15 is 0 Å². The molecular weight excluding hydrogens is 334 g/mol. The zero-order valence-electron chi connectivity index (χ0n) is 12.9. The van der Waals surface area contributed by atoms with E-state index in [1.54, 1.807) is 0 Å². The predicted molar refractivity (Wildman–Crippen MR) is 88.6 cm³/mol. The minimum absolute atomic E-state index is 0.119. The molecule has 1 N–H and O–H groups in total. The fourth-order valence-corrected chi connectivity index (χ4v) is 4.01. The second-order valence-corrected chi connectivity index (χ2v) is 7.39. The molecule has 1 fully saturated rings. The molecule has 2 heterocycles. The Balaban J connectivity index is 1.53. The molecule has 0 aromatic carbocycles. The van der Waals surface area contributed by atoms with Gasteiger partial charge < -0.3 is 0 Å². The lowest BCUT2D eigenvalue weighted by Crippen LogP contribution is -2.17. The number of tetrazole rings is 1. The van der Waals surface area contributed by atoms with Crippen LogP contribution in [0.1, 0.15) is 50.1 Å². The van der Waals surface area contributed by atoms with E-state index in [0.29, 0.717) is 16.3 Å². The van der Waals surface area contributed by atoms with Crippen molar-refractivity contribution in [2.75, 3.05) is 11.1 Å². The number of nitrogens with one attached hydrogen (secondary N) is 1. The maximum absolute atomic E-state index is 12.0. The van der Waals surface area contributed by atoms with Crippen molar-refractivity contribution in [2.24, 2.45) is 0 Å². The van der Waals surface area contributed by atoms with Crippen molar-refractivity contribution in [1.29, 1.82) is 0 Å². The fraction of sp³-hybridized carbons (Fsp3) is 0.692. The average Bonchev–Trinajstić information content (AvgIpc) is 3.22. The van der Waals surface area contributed by atoms with E-state index in [4.69, 9.17) is 0 Å². The van der Waals surface area contributed by atoms with Crippen LogP contribution in [0.25, 0.3) is 0 Å². The number of nitrogens with zero attached hydrogens (tertiary/aromatic N) is 6. The number of thioether (sulfide) groups is 1. The van der Waals surface area contributed by atoms with Gasteiger partial charge in [0.15, 0.2) is 0 Å². The van der Waals surface area contributed by atoms with Gasteiger partial charge in [0.2, 0.25) is 16.2 Å². The van der Waals surface area contributed by atoms with Crippen molar-refractivity contribution < 1.29 is 4.79 Å². The molecule has 124 valence electrons. The Kier molecular flexibility index (Phi) is 5.55. The summed E-state index contributed by atoms with van der Waals surface area (Å²) in [6, 6.07) is 0.361. The first kappa shape index (κ1) is 16.3. The topological polar surface area (TPSA) is 98.5 Å². The van der Waals surface area contributed by atoms with Crippen LogP contribution >= 0.6 is 23.1 Å². The number of carbonyl (C=O) groups is 1. The van der Waals surface area contributed by atoms with Crippen molar-refractivity contribution in [3.05, 3.63) is 5.01 Å². The van der Waals surface area contributed by atoms with Gasteiger partial charge in [0.25, 0.3) is 0 Å². The highest BCUT2D eigenvalue weighted by Crippen LogP contribution is 2.30. The molecule has 1 saturated carbocycles. The third-order valence-corrected chi connectivity index (χ3v) is 5.65. The van der Waals surface area contributed by atoms with Gasteiger partial charge in [0, 0.05) is 0 Å². The number of carbonyl (C=O) groups excluding carboxylic acids is 1. The molecule has 1 amide bonds. The molecule has 0 atom stereocenters. The molecule has 0 unspecified atom stereocenters. The highest BCUT2D eigenvalue weighted by molar-refractivity contribution is 7.99. The third-order valence-electron chi connectivity index (χ3n) is 3.73. The number of aryl methyl sites for hydroxylation is 1. The summed E-state index contributed by atoms with van der Waals surface area (Å²) in [7, 11) is 0. The third kappa shape index (κ3) is 4.25. The van der Waals surface area contributed by atoms with Gasteiger partial charge in [-0.1, -0.05) is 49.3 Å². The van der Waals surface area contributed by atoms with Gasteiger partial charge in [0.1, 0.15) is 5.01 Å². The van der Waals surface area contributed by atoms with Crippen LogP contribution in [0.5, 0.6) is 0 Å². The minimum atomic E-state index is -0.119. The summed E-state index contributed by atoms with van der Waals surface area (Å²) in [5.74, 6) is 0.140. The van der Waals surface area contributed by atoms with Crippen molar-refractivity contribution in [3.63, 3.8) is 0 Å². The predicted octanol–water partition coefficient (Wildman–Crippen LogP) is 2.32. The van der Waals surface area contributed by atoms with Crippen molar-refractivity contribution in [1.82, 2.24) is 30.4 Å². The average molecular weight is 353 g/mol. The molecule has 2 aromatic rings. The summed E-state index contributed by atoms with van der Waals surface area (Å²) in [5, 5.41) is 24.8. The monoisotopic (exact) mass is 353 g/mol. The highest BCUT2D eigenvalue weighted by atomic mass is 32.2. The number of hydrogen-bond acceptors (Lipinski definition) is 8. The Bertz CT molecular complexity index is 650. The second kappa shape index (κ2) is 7.82. The highest BCUT2D eigenvalue weighted by Gasteiger charge is 2.21. The van der Waals surface area contributed by atoms with Crippen LogP contribution in [0, 0.1) is 0 Å².